The number of esters is 1. The number of halogens is 4. The summed E-state index contributed by atoms with van der Waals surface area (Å²) in [5.41, 5.74) is -1.50. The van der Waals surface area contributed by atoms with Crippen LogP contribution in [0.15, 0.2) is 0 Å². The lowest BCUT2D eigenvalue weighted by Gasteiger charge is -2.62. The normalized spacial score (nSPS) is 43.5. The molecule has 0 aromatic rings. The SMILES string of the molecule is O=C(OC12CC3CC(C1)C1(OCC(CO)O1)C(C3)C2)C(F)(C(F)(F)F)S(=O)(=O)O. The highest BCUT2D eigenvalue weighted by Crippen LogP contribution is 2.64. The molecular weight excluding hydrogens is 428 g/mol. The minimum absolute atomic E-state index is 0.00328. The largest absolute Gasteiger partial charge is 0.456 e. The maximum atomic E-state index is 14.4. The predicted octanol–water partition coefficient (Wildman–Crippen LogP) is 1.33. The van der Waals surface area contributed by atoms with Crippen molar-refractivity contribution in [2.75, 3.05) is 13.2 Å². The van der Waals surface area contributed by atoms with Gasteiger partial charge in [0, 0.05) is 11.8 Å². The summed E-state index contributed by atoms with van der Waals surface area (Å²) in [5, 5.41) is 3.75. The van der Waals surface area contributed by atoms with Gasteiger partial charge in [0.15, 0.2) is 5.79 Å². The molecule has 5 fully saturated rings. The smallest absolute Gasteiger partial charge is 0.451 e. The third-order valence-electron chi connectivity index (χ3n) is 6.61. The Morgan fingerprint density at radius 2 is 1.72 bits per heavy atom. The van der Waals surface area contributed by atoms with Gasteiger partial charge in [-0.1, -0.05) is 0 Å². The van der Waals surface area contributed by atoms with E-state index in [1.165, 1.54) is 0 Å². The molecule has 2 N–H and O–H groups in total. The molecule has 0 aromatic carbocycles. The summed E-state index contributed by atoms with van der Waals surface area (Å²) in [5.74, 6) is -4.53. The van der Waals surface area contributed by atoms with E-state index in [1.54, 1.807) is 0 Å². The maximum Gasteiger partial charge on any atom is 0.451 e. The predicted molar refractivity (Wildman–Crippen MR) is 84.5 cm³/mol. The van der Waals surface area contributed by atoms with Crippen molar-refractivity contribution < 1.29 is 54.6 Å². The number of rotatable bonds is 4. The van der Waals surface area contributed by atoms with Gasteiger partial charge < -0.3 is 19.3 Å². The first kappa shape index (κ1) is 21.2. The van der Waals surface area contributed by atoms with Gasteiger partial charge in [0.1, 0.15) is 11.7 Å². The lowest BCUT2D eigenvalue weighted by atomic mass is 9.51. The van der Waals surface area contributed by atoms with E-state index in [2.05, 4.69) is 0 Å². The van der Waals surface area contributed by atoms with Crippen LogP contribution in [0, 0.1) is 17.8 Å². The van der Waals surface area contributed by atoms with Gasteiger partial charge in [0.05, 0.1) is 13.2 Å². The highest BCUT2D eigenvalue weighted by atomic mass is 32.2. The minimum Gasteiger partial charge on any atom is -0.456 e. The molecule has 5 rings (SSSR count). The summed E-state index contributed by atoms with van der Waals surface area (Å²) in [6.07, 6.45) is -5.42. The zero-order valence-corrected chi connectivity index (χ0v) is 15.8. The molecule has 5 aliphatic rings. The van der Waals surface area contributed by atoms with Crippen molar-refractivity contribution >= 4 is 16.1 Å². The van der Waals surface area contributed by atoms with Crippen LogP contribution in [0.25, 0.3) is 0 Å². The Balaban J connectivity index is 1.61. The number of aliphatic hydroxyl groups is 1. The van der Waals surface area contributed by atoms with E-state index in [-0.39, 0.29) is 50.2 Å². The van der Waals surface area contributed by atoms with E-state index in [9.17, 15) is 35.9 Å². The summed E-state index contributed by atoms with van der Waals surface area (Å²) < 4.78 is 101. The second-order valence-corrected chi connectivity index (χ2v) is 9.95. The summed E-state index contributed by atoms with van der Waals surface area (Å²) >= 11 is 0. The average Bonchev–Trinajstić information content (AvgIpc) is 3.01. The number of alkyl halides is 4. The fraction of sp³-hybridized carbons (Fsp3) is 0.938. The maximum absolute atomic E-state index is 14.4. The number of ether oxygens (including phenoxy) is 3. The van der Waals surface area contributed by atoms with Gasteiger partial charge in [-0.15, -0.1) is 0 Å². The van der Waals surface area contributed by atoms with Crippen LogP contribution in [0.5, 0.6) is 0 Å². The zero-order chi connectivity index (χ0) is 21.5. The van der Waals surface area contributed by atoms with Gasteiger partial charge in [-0.05, 0) is 38.0 Å². The molecule has 4 saturated carbocycles. The van der Waals surface area contributed by atoms with Gasteiger partial charge in [-0.25, -0.2) is 9.18 Å². The first-order chi connectivity index (χ1) is 13.3. The van der Waals surface area contributed by atoms with Crippen LogP contribution in [0.1, 0.15) is 32.1 Å². The number of carbonyl (C=O) groups is 1. The molecule has 166 valence electrons. The Bertz CT molecular complexity index is 798. The van der Waals surface area contributed by atoms with E-state index in [0.29, 0.717) is 12.8 Å². The Hall–Kier alpha value is -1.02. The molecule has 0 aromatic heterocycles. The third kappa shape index (κ3) is 2.92. The Kier molecular flexibility index (Phi) is 4.57. The van der Waals surface area contributed by atoms with Crippen molar-refractivity contribution in [3.05, 3.63) is 0 Å². The number of hydrogen-bond acceptors (Lipinski definition) is 7. The van der Waals surface area contributed by atoms with Crippen LogP contribution >= 0.6 is 0 Å². The van der Waals surface area contributed by atoms with Gasteiger partial charge in [-0.2, -0.15) is 21.6 Å². The number of carbonyl (C=O) groups excluding carboxylic acids is 1. The summed E-state index contributed by atoms with van der Waals surface area (Å²) in [4.78, 5) is 12.1. The van der Waals surface area contributed by atoms with E-state index in [1.807, 2.05) is 0 Å². The molecule has 0 amide bonds. The second kappa shape index (κ2) is 6.25. The second-order valence-electron chi connectivity index (χ2n) is 8.44. The lowest BCUT2D eigenvalue weighted by molar-refractivity contribution is -0.322. The molecule has 0 radical (unpaired) electrons. The number of hydrogen-bond donors (Lipinski definition) is 2. The first-order valence-corrected chi connectivity index (χ1v) is 10.6. The average molecular weight is 448 g/mol. The van der Waals surface area contributed by atoms with E-state index in [0.717, 1.165) is 0 Å². The van der Waals surface area contributed by atoms with Crippen LogP contribution in [0.4, 0.5) is 17.6 Å². The van der Waals surface area contributed by atoms with Crippen molar-refractivity contribution in [1.82, 2.24) is 0 Å². The van der Waals surface area contributed by atoms with Crippen molar-refractivity contribution in [2.24, 2.45) is 17.8 Å². The Morgan fingerprint density at radius 1 is 1.14 bits per heavy atom. The van der Waals surface area contributed by atoms with Crippen molar-refractivity contribution in [1.29, 1.82) is 0 Å². The molecule has 1 heterocycles. The van der Waals surface area contributed by atoms with Crippen molar-refractivity contribution in [3.8, 4) is 0 Å². The molecule has 1 saturated heterocycles. The van der Waals surface area contributed by atoms with E-state index >= 15 is 0 Å². The number of aliphatic hydroxyl groups excluding tert-OH is 1. The topological polar surface area (TPSA) is 119 Å². The first-order valence-electron chi connectivity index (χ1n) is 9.15. The lowest BCUT2D eigenvalue weighted by Crippen LogP contribution is -2.66. The monoisotopic (exact) mass is 448 g/mol. The Labute approximate surface area is 163 Å². The molecule has 4 bridgehead atoms. The molecule has 1 aliphatic heterocycles. The van der Waals surface area contributed by atoms with Crippen LogP contribution in [-0.2, 0) is 29.1 Å². The summed E-state index contributed by atoms with van der Waals surface area (Å²) in [6.45, 7) is -0.125. The standard InChI is InChI=1S/C16H20F4O8S/c17-15(16(18,19)20,29(23,24)25)12(22)28-13-3-8-1-9(4-13)14(10(2-8)5-13)26-7-11(6-21)27-14/h8-11,21H,1-7H2,(H,23,24,25). The highest BCUT2D eigenvalue weighted by molar-refractivity contribution is 7.88. The molecule has 1 spiro atoms. The molecular formula is C16H20F4O8S. The molecule has 4 atom stereocenters. The van der Waals surface area contributed by atoms with Gasteiger partial charge in [-0.3, -0.25) is 4.55 Å². The van der Waals surface area contributed by atoms with Gasteiger partial charge in [0.25, 0.3) is 0 Å². The van der Waals surface area contributed by atoms with Gasteiger partial charge in [0.2, 0.25) is 0 Å². The summed E-state index contributed by atoms with van der Waals surface area (Å²) in [6, 6.07) is 0. The highest BCUT2D eigenvalue weighted by Gasteiger charge is 2.75. The Morgan fingerprint density at radius 3 is 2.17 bits per heavy atom. The van der Waals surface area contributed by atoms with E-state index < -0.39 is 44.8 Å². The summed E-state index contributed by atoms with van der Waals surface area (Å²) in [7, 11) is -6.48. The molecule has 13 heteroatoms. The van der Waals surface area contributed by atoms with Crippen LogP contribution in [-0.4, -0.2) is 65.9 Å². The van der Waals surface area contributed by atoms with Crippen LogP contribution in [0.2, 0.25) is 0 Å². The molecule has 4 aliphatic carbocycles. The van der Waals surface area contributed by atoms with Crippen LogP contribution in [0.3, 0.4) is 0 Å². The fourth-order valence-electron chi connectivity index (χ4n) is 5.68. The third-order valence-corrected chi connectivity index (χ3v) is 7.72. The van der Waals surface area contributed by atoms with Crippen molar-refractivity contribution in [2.45, 2.75) is 60.8 Å². The fourth-order valence-corrected chi connectivity index (χ4v) is 6.22. The molecule has 29 heavy (non-hydrogen) atoms. The van der Waals surface area contributed by atoms with Gasteiger partial charge >= 0.3 is 27.3 Å². The van der Waals surface area contributed by atoms with Crippen molar-refractivity contribution in [3.63, 3.8) is 0 Å². The molecule has 4 unspecified atom stereocenters. The van der Waals surface area contributed by atoms with E-state index in [4.69, 9.17) is 18.8 Å². The zero-order valence-electron chi connectivity index (χ0n) is 15.0. The minimum atomic E-state index is -6.48. The molecule has 8 nitrogen and oxygen atoms in total. The quantitative estimate of drug-likeness (QED) is 0.376. The van der Waals surface area contributed by atoms with Crippen LogP contribution < -0.4 is 0 Å².